The molecule has 1 aromatic carbocycles. The van der Waals surface area contributed by atoms with Crippen molar-refractivity contribution < 1.29 is 4.39 Å². The van der Waals surface area contributed by atoms with E-state index in [1.165, 1.54) is 10.9 Å². The van der Waals surface area contributed by atoms with E-state index in [9.17, 15) is 4.39 Å². The highest BCUT2D eigenvalue weighted by Gasteiger charge is 2.11. The Hall–Kier alpha value is -1.10. The Bertz CT molecular complexity index is 583. The molecule has 2 N–H and O–H groups in total. The first kappa shape index (κ1) is 15.3. The highest BCUT2D eigenvalue weighted by atomic mass is 35.5. The van der Waals surface area contributed by atoms with E-state index in [4.69, 9.17) is 17.3 Å². The summed E-state index contributed by atoms with van der Waals surface area (Å²) in [6, 6.07) is 8.76. The van der Waals surface area contributed by atoms with Crippen LogP contribution in [0.5, 0.6) is 0 Å². The van der Waals surface area contributed by atoms with E-state index in [1.807, 2.05) is 32.2 Å². The molecular weight excluding hydrogens is 295 g/mol. The van der Waals surface area contributed by atoms with Gasteiger partial charge in [-0.05, 0) is 49.2 Å². The fourth-order valence-corrected chi connectivity index (χ4v) is 3.33. The maximum Gasteiger partial charge on any atom is 0.123 e. The second-order valence-electron chi connectivity index (χ2n) is 5.02. The number of anilines is 1. The standard InChI is InChI=1S/C15H18ClFN2S/c1-10(18)7-11-8-12(17)3-5-14(11)19(2)9-13-4-6-15(16)20-13/h3-6,8,10H,7,9,18H2,1-2H3. The molecule has 0 spiro atoms. The monoisotopic (exact) mass is 312 g/mol. The normalized spacial score (nSPS) is 12.4. The molecule has 108 valence electrons. The molecule has 0 radical (unpaired) electrons. The summed E-state index contributed by atoms with van der Waals surface area (Å²) in [5.41, 5.74) is 7.79. The maximum absolute atomic E-state index is 13.4. The van der Waals surface area contributed by atoms with Gasteiger partial charge in [0.05, 0.1) is 10.9 Å². The molecule has 2 aromatic rings. The molecule has 1 aromatic heterocycles. The van der Waals surface area contributed by atoms with Crippen molar-refractivity contribution >= 4 is 28.6 Å². The summed E-state index contributed by atoms with van der Waals surface area (Å²) < 4.78 is 14.2. The molecule has 2 rings (SSSR count). The molecule has 1 atom stereocenters. The fraction of sp³-hybridized carbons (Fsp3) is 0.333. The Kier molecular flexibility index (Phi) is 5.02. The van der Waals surface area contributed by atoms with Gasteiger partial charge < -0.3 is 10.6 Å². The summed E-state index contributed by atoms with van der Waals surface area (Å²) in [6.07, 6.45) is 0.655. The summed E-state index contributed by atoms with van der Waals surface area (Å²) >= 11 is 7.50. The van der Waals surface area contributed by atoms with E-state index >= 15 is 0 Å². The van der Waals surface area contributed by atoms with E-state index in [-0.39, 0.29) is 11.9 Å². The lowest BCUT2D eigenvalue weighted by Crippen LogP contribution is -2.22. The highest BCUT2D eigenvalue weighted by Crippen LogP contribution is 2.27. The summed E-state index contributed by atoms with van der Waals surface area (Å²) in [6.45, 7) is 2.67. The quantitative estimate of drug-likeness (QED) is 0.902. The minimum atomic E-state index is -0.225. The molecule has 0 aliphatic heterocycles. The maximum atomic E-state index is 13.4. The summed E-state index contributed by atoms with van der Waals surface area (Å²) in [5.74, 6) is -0.225. The van der Waals surface area contributed by atoms with Crippen molar-refractivity contribution in [3.05, 3.63) is 50.9 Å². The number of hydrogen-bond donors (Lipinski definition) is 1. The number of halogens is 2. The number of hydrogen-bond acceptors (Lipinski definition) is 3. The molecule has 20 heavy (non-hydrogen) atoms. The van der Waals surface area contributed by atoms with Gasteiger partial charge in [0.25, 0.3) is 0 Å². The van der Waals surface area contributed by atoms with Gasteiger partial charge in [-0.25, -0.2) is 4.39 Å². The third-order valence-corrected chi connectivity index (χ3v) is 4.23. The van der Waals surface area contributed by atoms with Crippen LogP contribution in [0.4, 0.5) is 10.1 Å². The SMILES string of the molecule is CC(N)Cc1cc(F)ccc1N(C)Cc1ccc(Cl)s1. The van der Waals surface area contributed by atoms with E-state index < -0.39 is 0 Å². The Morgan fingerprint density at radius 2 is 2.10 bits per heavy atom. The van der Waals surface area contributed by atoms with E-state index in [0.717, 1.165) is 22.1 Å². The van der Waals surface area contributed by atoms with Gasteiger partial charge in [0.2, 0.25) is 0 Å². The molecule has 0 aliphatic rings. The van der Waals surface area contributed by atoms with Crippen LogP contribution < -0.4 is 10.6 Å². The highest BCUT2D eigenvalue weighted by molar-refractivity contribution is 7.16. The van der Waals surface area contributed by atoms with Crippen molar-refractivity contribution in [3.63, 3.8) is 0 Å². The van der Waals surface area contributed by atoms with Crippen LogP contribution in [0.3, 0.4) is 0 Å². The molecule has 1 unspecified atom stereocenters. The van der Waals surface area contributed by atoms with Gasteiger partial charge in [0, 0.05) is 23.7 Å². The molecular formula is C15H18ClFN2S. The van der Waals surface area contributed by atoms with Crippen LogP contribution >= 0.6 is 22.9 Å². The molecule has 2 nitrogen and oxygen atoms in total. The Morgan fingerprint density at radius 1 is 1.35 bits per heavy atom. The molecule has 0 fully saturated rings. The summed E-state index contributed by atoms with van der Waals surface area (Å²) in [5, 5.41) is 0. The van der Waals surface area contributed by atoms with Gasteiger partial charge in [0.15, 0.2) is 0 Å². The molecule has 1 heterocycles. The molecule has 0 aliphatic carbocycles. The van der Waals surface area contributed by atoms with Crippen LogP contribution in [0.2, 0.25) is 4.34 Å². The van der Waals surface area contributed by atoms with Crippen molar-refractivity contribution in [1.82, 2.24) is 0 Å². The molecule has 0 saturated heterocycles. The minimum absolute atomic E-state index is 0.000122. The van der Waals surface area contributed by atoms with Crippen molar-refractivity contribution in [2.45, 2.75) is 25.9 Å². The average molecular weight is 313 g/mol. The lowest BCUT2D eigenvalue weighted by atomic mass is 10.0. The van der Waals surface area contributed by atoms with Crippen molar-refractivity contribution in [2.75, 3.05) is 11.9 Å². The van der Waals surface area contributed by atoms with E-state index in [0.29, 0.717) is 6.42 Å². The lowest BCUT2D eigenvalue weighted by Gasteiger charge is -2.22. The summed E-state index contributed by atoms with van der Waals surface area (Å²) in [7, 11) is 1.99. The van der Waals surface area contributed by atoms with Crippen LogP contribution in [0, 0.1) is 5.82 Å². The van der Waals surface area contributed by atoms with Crippen LogP contribution in [0.15, 0.2) is 30.3 Å². The number of benzene rings is 1. The zero-order chi connectivity index (χ0) is 14.7. The molecule has 0 amide bonds. The van der Waals surface area contributed by atoms with Crippen molar-refractivity contribution in [1.29, 1.82) is 0 Å². The van der Waals surface area contributed by atoms with Gasteiger partial charge in [0.1, 0.15) is 5.82 Å². The second kappa shape index (κ2) is 6.57. The number of thiophene rings is 1. The van der Waals surface area contributed by atoms with Crippen molar-refractivity contribution in [2.24, 2.45) is 5.73 Å². The Balaban J connectivity index is 2.21. The number of rotatable bonds is 5. The van der Waals surface area contributed by atoms with Crippen LogP contribution in [0.25, 0.3) is 0 Å². The van der Waals surface area contributed by atoms with Gasteiger partial charge >= 0.3 is 0 Å². The summed E-state index contributed by atoms with van der Waals surface area (Å²) in [4.78, 5) is 3.27. The number of nitrogens with two attached hydrogens (primary N) is 1. The Morgan fingerprint density at radius 3 is 2.70 bits per heavy atom. The fourth-order valence-electron chi connectivity index (χ4n) is 2.19. The third-order valence-electron chi connectivity index (χ3n) is 3.02. The molecule has 0 saturated carbocycles. The predicted molar refractivity (Wildman–Crippen MR) is 85.2 cm³/mol. The van der Waals surface area contributed by atoms with Gasteiger partial charge in [-0.15, -0.1) is 11.3 Å². The third kappa shape index (κ3) is 3.95. The zero-order valence-corrected chi connectivity index (χ0v) is 13.1. The van der Waals surface area contributed by atoms with Crippen LogP contribution in [-0.4, -0.2) is 13.1 Å². The Labute approximate surface area is 128 Å². The predicted octanol–water partition coefficient (Wildman–Crippen LogP) is 4.07. The second-order valence-corrected chi connectivity index (χ2v) is 6.82. The van der Waals surface area contributed by atoms with Crippen LogP contribution in [-0.2, 0) is 13.0 Å². The first-order valence-corrected chi connectivity index (χ1v) is 7.64. The number of nitrogens with zero attached hydrogens (tertiary/aromatic N) is 1. The average Bonchev–Trinajstić information content (AvgIpc) is 2.73. The lowest BCUT2D eigenvalue weighted by molar-refractivity contribution is 0.622. The van der Waals surface area contributed by atoms with Crippen LogP contribution in [0.1, 0.15) is 17.4 Å². The van der Waals surface area contributed by atoms with Gasteiger partial charge in [-0.3, -0.25) is 0 Å². The topological polar surface area (TPSA) is 29.3 Å². The van der Waals surface area contributed by atoms with Gasteiger partial charge in [-0.1, -0.05) is 11.6 Å². The van der Waals surface area contributed by atoms with Crippen molar-refractivity contribution in [3.8, 4) is 0 Å². The minimum Gasteiger partial charge on any atom is -0.369 e. The first-order chi connectivity index (χ1) is 9.45. The van der Waals surface area contributed by atoms with E-state index in [2.05, 4.69) is 4.90 Å². The first-order valence-electron chi connectivity index (χ1n) is 6.45. The molecule has 5 heteroatoms. The molecule has 0 bridgehead atoms. The van der Waals surface area contributed by atoms with Gasteiger partial charge in [-0.2, -0.15) is 0 Å². The largest absolute Gasteiger partial charge is 0.369 e. The van der Waals surface area contributed by atoms with E-state index in [1.54, 1.807) is 17.4 Å². The smallest absolute Gasteiger partial charge is 0.123 e. The zero-order valence-electron chi connectivity index (χ0n) is 11.6.